The van der Waals surface area contributed by atoms with Crippen LogP contribution in [0, 0.1) is 7.14 Å². The number of carbonyl (C=O) groups excluding carboxylic acids is 1. The maximum Gasteiger partial charge on any atom is 0.225 e. The second-order valence-electron chi connectivity index (χ2n) is 7.08. The first-order valence-electron chi connectivity index (χ1n) is 10.3. The zero-order valence-electron chi connectivity index (χ0n) is 17.5. The third-order valence-corrected chi connectivity index (χ3v) is 7.07. The quantitative estimate of drug-likeness (QED) is 0.163. The smallest absolute Gasteiger partial charge is 0.225 e. The van der Waals surface area contributed by atoms with Crippen LogP contribution in [0.2, 0.25) is 0 Å². The second-order valence-corrected chi connectivity index (χ2v) is 10.6. The van der Waals surface area contributed by atoms with Gasteiger partial charge in [-0.05, 0) is 106 Å². The molecule has 0 bridgehead atoms. The van der Waals surface area contributed by atoms with Crippen molar-refractivity contribution in [1.29, 1.82) is 0 Å². The normalized spacial score (nSPS) is 10.7. The Morgan fingerprint density at radius 1 is 0.848 bits per heavy atom. The SMILES string of the molecule is O=C(CCSc1nnc(CNc2ccc(I)cc2)n1-c1ccccc1)Nc1ccc(I)cc1. The van der Waals surface area contributed by atoms with Gasteiger partial charge in [0.1, 0.15) is 0 Å². The Morgan fingerprint density at radius 3 is 2.15 bits per heavy atom. The van der Waals surface area contributed by atoms with Gasteiger partial charge in [-0.25, -0.2) is 0 Å². The lowest BCUT2D eigenvalue weighted by atomic mass is 10.3. The Balaban J connectivity index is 1.42. The minimum atomic E-state index is -0.0184. The molecule has 0 radical (unpaired) electrons. The Hall–Kier alpha value is -2.12. The topological polar surface area (TPSA) is 71.8 Å². The molecule has 0 atom stereocenters. The number of para-hydroxylation sites is 1. The molecule has 33 heavy (non-hydrogen) atoms. The number of halogens is 2. The van der Waals surface area contributed by atoms with Crippen LogP contribution in [0.15, 0.2) is 84.0 Å². The zero-order chi connectivity index (χ0) is 23.0. The molecular formula is C24H21I2N5OS. The van der Waals surface area contributed by atoms with Crippen LogP contribution in [0.1, 0.15) is 12.2 Å². The van der Waals surface area contributed by atoms with Crippen LogP contribution >= 0.6 is 56.9 Å². The number of aromatic nitrogens is 3. The molecule has 168 valence electrons. The molecule has 3 aromatic carbocycles. The largest absolute Gasteiger partial charge is 0.378 e. The summed E-state index contributed by atoms with van der Waals surface area (Å²) in [6.45, 7) is 0.538. The minimum absolute atomic E-state index is 0.0184. The molecule has 4 rings (SSSR count). The molecule has 0 aliphatic rings. The van der Waals surface area contributed by atoms with Crippen molar-refractivity contribution in [3.05, 3.63) is 91.8 Å². The summed E-state index contributed by atoms with van der Waals surface area (Å²) in [5, 5.41) is 16.0. The van der Waals surface area contributed by atoms with Crippen molar-refractivity contribution >= 4 is 74.2 Å². The van der Waals surface area contributed by atoms with Gasteiger partial charge in [-0.2, -0.15) is 0 Å². The number of hydrogen-bond acceptors (Lipinski definition) is 5. The molecular weight excluding hydrogens is 660 g/mol. The summed E-state index contributed by atoms with van der Waals surface area (Å²) < 4.78 is 4.37. The number of anilines is 2. The fourth-order valence-corrected chi connectivity index (χ4v) is 4.71. The van der Waals surface area contributed by atoms with E-state index < -0.39 is 0 Å². The first-order valence-corrected chi connectivity index (χ1v) is 13.4. The van der Waals surface area contributed by atoms with Crippen LogP contribution in [-0.2, 0) is 11.3 Å². The van der Waals surface area contributed by atoms with E-state index in [0.717, 1.165) is 31.6 Å². The lowest BCUT2D eigenvalue weighted by Gasteiger charge is -2.11. The van der Waals surface area contributed by atoms with Gasteiger partial charge in [-0.15, -0.1) is 10.2 Å². The molecule has 2 N–H and O–H groups in total. The summed E-state index contributed by atoms with van der Waals surface area (Å²) in [6.07, 6.45) is 0.383. The predicted molar refractivity (Wildman–Crippen MR) is 151 cm³/mol. The summed E-state index contributed by atoms with van der Waals surface area (Å²) in [7, 11) is 0. The summed E-state index contributed by atoms with van der Waals surface area (Å²) in [4.78, 5) is 12.4. The lowest BCUT2D eigenvalue weighted by molar-refractivity contribution is -0.115. The standard InChI is InChI=1S/C24H21I2N5OS/c25-17-6-10-19(11-7-17)27-16-22-29-30-24(31(22)21-4-2-1-3-5-21)33-15-14-23(32)28-20-12-8-18(26)9-13-20/h1-13,27H,14-16H2,(H,28,32). The molecule has 0 fully saturated rings. The molecule has 1 aromatic heterocycles. The lowest BCUT2D eigenvalue weighted by Crippen LogP contribution is -2.12. The average molecular weight is 681 g/mol. The highest BCUT2D eigenvalue weighted by Gasteiger charge is 2.15. The van der Waals surface area contributed by atoms with Crippen molar-refractivity contribution in [2.24, 2.45) is 0 Å². The highest BCUT2D eigenvalue weighted by Crippen LogP contribution is 2.24. The van der Waals surface area contributed by atoms with Crippen molar-refractivity contribution in [3.63, 3.8) is 0 Å². The molecule has 0 saturated carbocycles. The summed E-state index contributed by atoms with van der Waals surface area (Å²) in [5.74, 6) is 1.40. The second kappa shape index (κ2) is 11.8. The summed E-state index contributed by atoms with van der Waals surface area (Å²) in [6, 6.07) is 26.0. The number of thioether (sulfide) groups is 1. The molecule has 4 aromatic rings. The van der Waals surface area contributed by atoms with Gasteiger partial charge in [0.05, 0.1) is 6.54 Å². The maximum atomic E-state index is 12.4. The molecule has 1 amide bonds. The van der Waals surface area contributed by atoms with E-state index in [1.165, 1.54) is 15.3 Å². The number of benzene rings is 3. The number of nitrogens with zero attached hydrogens (tertiary/aromatic N) is 3. The molecule has 6 nitrogen and oxygen atoms in total. The number of amides is 1. The van der Waals surface area contributed by atoms with E-state index in [2.05, 4.69) is 78.1 Å². The van der Waals surface area contributed by atoms with Crippen molar-refractivity contribution in [2.45, 2.75) is 18.1 Å². The molecule has 9 heteroatoms. The van der Waals surface area contributed by atoms with Crippen LogP contribution in [-0.4, -0.2) is 26.4 Å². The molecule has 0 saturated heterocycles. The highest BCUT2D eigenvalue weighted by molar-refractivity contribution is 14.1. The number of rotatable bonds is 9. The van der Waals surface area contributed by atoms with E-state index in [1.807, 2.05) is 71.3 Å². The Kier molecular flexibility index (Phi) is 8.62. The summed E-state index contributed by atoms with van der Waals surface area (Å²) in [5.41, 5.74) is 2.83. The van der Waals surface area contributed by atoms with Gasteiger partial charge in [0.25, 0.3) is 0 Å². The first-order chi connectivity index (χ1) is 16.1. The monoisotopic (exact) mass is 681 g/mol. The van der Waals surface area contributed by atoms with Gasteiger partial charge in [0.15, 0.2) is 11.0 Å². The van der Waals surface area contributed by atoms with Crippen molar-refractivity contribution in [2.75, 3.05) is 16.4 Å². The van der Waals surface area contributed by atoms with Crippen LogP contribution in [0.5, 0.6) is 0 Å². The number of nitrogens with one attached hydrogen (secondary N) is 2. The number of carbonyl (C=O) groups is 1. The van der Waals surface area contributed by atoms with E-state index in [1.54, 1.807) is 0 Å². The zero-order valence-corrected chi connectivity index (χ0v) is 22.7. The fourth-order valence-electron chi connectivity index (χ4n) is 3.09. The van der Waals surface area contributed by atoms with Gasteiger partial charge >= 0.3 is 0 Å². The molecule has 0 aliphatic carbocycles. The minimum Gasteiger partial charge on any atom is -0.378 e. The first kappa shape index (κ1) is 24.0. The van der Waals surface area contributed by atoms with Crippen molar-refractivity contribution in [1.82, 2.24) is 14.8 Å². The van der Waals surface area contributed by atoms with E-state index in [9.17, 15) is 4.79 Å². The van der Waals surface area contributed by atoms with Crippen LogP contribution < -0.4 is 10.6 Å². The maximum absolute atomic E-state index is 12.4. The fraction of sp³-hybridized carbons (Fsp3) is 0.125. The van der Waals surface area contributed by atoms with E-state index in [4.69, 9.17) is 0 Å². The van der Waals surface area contributed by atoms with E-state index in [-0.39, 0.29) is 5.91 Å². The molecule has 0 spiro atoms. The number of hydrogen-bond donors (Lipinski definition) is 2. The predicted octanol–water partition coefficient (Wildman–Crippen LogP) is 6.21. The van der Waals surface area contributed by atoms with E-state index in [0.29, 0.717) is 18.7 Å². The molecule has 0 aliphatic heterocycles. The Bertz CT molecular complexity index is 1200. The Morgan fingerprint density at radius 2 is 1.48 bits per heavy atom. The third-order valence-electron chi connectivity index (χ3n) is 4.70. The molecule has 0 unspecified atom stereocenters. The third kappa shape index (κ3) is 6.93. The van der Waals surface area contributed by atoms with Gasteiger partial charge in [-0.3, -0.25) is 9.36 Å². The van der Waals surface area contributed by atoms with Gasteiger partial charge in [0, 0.05) is 36.4 Å². The average Bonchev–Trinajstić information content (AvgIpc) is 3.23. The van der Waals surface area contributed by atoms with Crippen molar-refractivity contribution in [3.8, 4) is 5.69 Å². The van der Waals surface area contributed by atoms with Gasteiger partial charge in [0.2, 0.25) is 5.91 Å². The van der Waals surface area contributed by atoms with Crippen molar-refractivity contribution < 1.29 is 4.79 Å². The van der Waals surface area contributed by atoms with Crippen LogP contribution in [0.25, 0.3) is 5.69 Å². The van der Waals surface area contributed by atoms with Crippen LogP contribution in [0.3, 0.4) is 0 Å². The summed E-state index contributed by atoms with van der Waals surface area (Å²) >= 11 is 6.06. The van der Waals surface area contributed by atoms with Gasteiger partial charge in [-0.1, -0.05) is 30.0 Å². The molecule has 1 heterocycles. The van der Waals surface area contributed by atoms with Gasteiger partial charge < -0.3 is 10.6 Å². The Labute approximate surface area is 224 Å². The van der Waals surface area contributed by atoms with E-state index >= 15 is 0 Å². The van der Waals surface area contributed by atoms with Crippen LogP contribution in [0.4, 0.5) is 11.4 Å². The highest BCUT2D eigenvalue weighted by atomic mass is 127.